The van der Waals surface area contributed by atoms with Gasteiger partial charge in [0.25, 0.3) is 0 Å². The van der Waals surface area contributed by atoms with E-state index in [1.807, 2.05) is 0 Å². The monoisotopic (exact) mass is 393 g/mol. The number of ether oxygens (including phenoxy) is 2. The topological polar surface area (TPSA) is 47.6 Å². The highest BCUT2D eigenvalue weighted by Gasteiger charge is 2.06. The third kappa shape index (κ3) is 5.66. The Morgan fingerprint density at radius 3 is 2.39 bits per heavy atom. The van der Waals surface area contributed by atoms with Crippen molar-refractivity contribution in [1.82, 2.24) is 0 Å². The van der Waals surface area contributed by atoms with Gasteiger partial charge in [-0.05, 0) is 36.4 Å². The Hall–Kier alpha value is -1.33. The molecule has 0 aliphatic carbocycles. The van der Waals surface area contributed by atoms with Gasteiger partial charge in [0.2, 0.25) is 0 Å². The number of rotatable bonds is 5. The zero-order chi connectivity index (χ0) is 16.8. The smallest absolute Gasteiger partial charge is 0.411 e. The van der Waals surface area contributed by atoms with Crippen LogP contribution in [0.25, 0.3) is 0 Å². The maximum Gasteiger partial charge on any atom is 0.411 e. The third-order valence-electron chi connectivity index (χ3n) is 2.63. The molecule has 0 radical (unpaired) electrons. The molecule has 1 amide bonds. The minimum Gasteiger partial charge on any atom is -0.488 e. The lowest BCUT2D eigenvalue weighted by molar-refractivity contribution is 0.138. The number of amides is 1. The van der Waals surface area contributed by atoms with Gasteiger partial charge in [0.15, 0.2) is 0 Å². The van der Waals surface area contributed by atoms with Gasteiger partial charge < -0.3 is 9.47 Å². The molecule has 2 aromatic rings. The van der Waals surface area contributed by atoms with E-state index in [2.05, 4.69) is 5.32 Å². The Balaban J connectivity index is 1.75. The molecule has 0 heterocycles. The first-order valence-corrected chi connectivity index (χ1v) is 7.93. The normalized spacial score (nSPS) is 10.3. The fourth-order valence-electron chi connectivity index (χ4n) is 1.61. The number of anilines is 1. The van der Waals surface area contributed by atoms with Crippen LogP contribution < -0.4 is 10.1 Å². The van der Waals surface area contributed by atoms with Gasteiger partial charge in [0, 0.05) is 10.7 Å². The Morgan fingerprint density at radius 2 is 1.70 bits per heavy atom. The molecule has 8 heteroatoms. The van der Waals surface area contributed by atoms with Gasteiger partial charge in [0.1, 0.15) is 19.0 Å². The standard InChI is InChI=1S/C15H11Cl4NO3/c16-9-1-4-14(13(19)7-9)22-5-6-23-15(21)20-10-2-3-11(17)12(18)8-10/h1-4,7-8H,5-6H2,(H,20,21). The van der Waals surface area contributed by atoms with Crippen LogP contribution in [0.1, 0.15) is 0 Å². The van der Waals surface area contributed by atoms with Crippen LogP contribution in [-0.4, -0.2) is 19.3 Å². The molecule has 1 N–H and O–H groups in total. The number of carbonyl (C=O) groups excluding carboxylic acids is 1. The quantitative estimate of drug-likeness (QED) is 0.639. The Kier molecular flexibility index (Phi) is 6.66. The van der Waals surface area contributed by atoms with Crippen molar-refractivity contribution in [2.24, 2.45) is 0 Å². The van der Waals surface area contributed by atoms with E-state index in [0.717, 1.165) is 0 Å². The molecule has 0 fully saturated rings. The lowest BCUT2D eigenvalue weighted by atomic mass is 10.3. The van der Waals surface area contributed by atoms with Crippen molar-refractivity contribution in [2.45, 2.75) is 0 Å². The fourth-order valence-corrected chi connectivity index (χ4v) is 2.37. The molecule has 23 heavy (non-hydrogen) atoms. The average molecular weight is 395 g/mol. The highest BCUT2D eigenvalue weighted by atomic mass is 35.5. The van der Waals surface area contributed by atoms with Gasteiger partial charge in [-0.15, -0.1) is 0 Å². The second kappa shape index (κ2) is 8.50. The zero-order valence-electron chi connectivity index (χ0n) is 11.6. The van der Waals surface area contributed by atoms with Crippen LogP contribution in [0.15, 0.2) is 36.4 Å². The molecule has 2 aromatic carbocycles. The van der Waals surface area contributed by atoms with Gasteiger partial charge in [0.05, 0.1) is 15.1 Å². The summed E-state index contributed by atoms with van der Waals surface area (Å²) in [4.78, 5) is 11.6. The van der Waals surface area contributed by atoms with Crippen LogP contribution >= 0.6 is 46.4 Å². The van der Waals surface area contributed by atoms with Crippen LogP contribution in [0.4, 0.5) is 10.5 Å². The van der Waals surface area contributed by atoms with Gasteiger partial charge >= 0.3 is 6.09 Å². The number of hydrogen-bond acceptors (Lipinski definition) is 3. The van der Waals surface area contributed by atoms with Gasteiger partial charge in [-0.25, -0.2) is 4.79 Å². The highest BCUT2D eigenvalue weighted by molar-refractivity contribution is 6.42. The van der Waals surface area contributed by atoms with E-state index in [0.29, 0.717) is 31.5 Å². The van der Waals surface area contributed by atoms with Crippen LogP contribution in [0.2, 0.25) is 20.1 Å². The lowest BCUT2D eigenvalue weighted by Gasteiger charge is -2.10. The van der Waals surface area contributed by atoms with Crippen LogP contribution in [0, 0.1) is 0 Å². The predicted molar refractivity (Wildman–Crippen MR) is 93.4 cm³/mol. The second-order valence-corrected chi connectivity index (χ2v) is 5.97. The molecule has 0 saturated carbocycles. The number of carbonyl (C=O) groups is 1. The van der Waals surface area contributed by atoms with Crippen LogP contribution in [0.5, 0.6) is 5.75 Å². The van der Waals surface area contributed by atoms with Crippen molar-refractivity contribution >= 4 is 58.2 Å². The lowest BCUT2D eigenvalue weighted by Crippen LogP contribution is -2.17. The summed E-state index contributed by atoms with van der Waals surface area (Å²) in [6, 6.07) is 9.57. The van der Waals surface area contributed by atoms with E-state index >= 15 is 0 Å². The number of hydrogen-bond donors (Lipinski definition) is 1. The summed E-state index contributed by atoms with van der Waals surface area (Å²) in [7, 11) is 0. The van der Waals surface area contributed by atoms with E-state index in [4.69, 9.17) is 55.9 Å². The molecule has 0 aromatic heterocycles. The first-order chi connectivity index (χ1) is 11.0. The minimum absolute atomic E-state index is 0.0477. The van der Waals surface area contributed by atoms with E-state index < -0.39 is 6.09 Å². The van der Waals surface area contributed by atoms with Crippen LogP contribution in [0.3, 0.4) is 0 Å². The Labute approximate surface area is 153 Å². The zero-order valence-corrected chi connectivity index (χ0v) is 14.6. The predicted octanol–water partition coefficient (Wildman–Crippen LogP) is 5.93. The summed E-state index contributed by atoms with van der Waals surface area (Å²) in [5.74, 6) is 0.463. The fraction of sp³-hybridized carbons (Fsp3) is 0.133. The summed E-state index contributed by atoms with van der Waals surface area (Å²) in [6.07, 6.45) is -0.630. The van der Waals surface area contributed by atoms with Crippen molar-refractivity contribution in [3.63, 3.8) is 0 Å². The van der Waals surface area contributed by atoms with Crippen molar-refractivity contribution in [1.29, 1.82) is 0 Å². The maximum absolute atomic E-state index is 11.6. The summed E-state index contributed by atoms with van der Waals surface area (Å²) >= 11 is 23.4. The maximum atomic E-state index is 11.6. The number of benzene rings is 2. The van der Waals surface area contributed by atoms with Crippen molar-refractivity contribution in [2.75, 3.05) is 18.5 Å². The van der Waals surface area contributed by atoms with Crippen molar-refractivity contribution in [3.8, 4) is 5.75 Å². The van der Waals surface area contributed by atoms with Crippen LogP contribution in [-0.2, 0) is 4.74 Å². The molecular weight excluding hydrogens is 384 g/mol. The summed E-state index contributed by atoms with van der Waals surface area (Å²) in [5, 5.41) is 4.16. The summed E-state index contributed by atoms with van der Waals surface area (Å²) in [5.41, 5.74) is 0.478. The molecule has 0 saturated heterocycles. The van der Waals surface area contributed by atoms with Gasteiger partial charge in [-0.1, -0.05) is 46.4 Å². The minimum atomic E-state index is -0.630. The molecule has 0 bridgehead atoms. The van der Waals surface area contributed by atoms with Gasteiger partial charge in [-0.3, -0.25) is 5.32 Å². The summed E-state index contributed by atoms with van der Waals surface area (Å²) < 4.78 is 10.4. The first-order valence-electron chi connectivity index (χ1n) is 6.42. The molecule has 0 spiro atoms. The van der Waals surface area contributed by atoms with Gasteiger partial charge in [-0.2, -0.15) is 0 Å². The molecule has 0 aliphatic rings. The molecule has 2 rings (SSSR count). The Morgan fingerprint density at radius 1 is 0.913 bits per heavy atom. The Bertz CT molecular complexity index is 709. The van der Waals surface area contributed by atoms with Crippen molar-refractivity contribution < 1.29 is 14.3 Å². The number of nitrogens with one attached hydrogen (secondary N) is 1. The van der Waals surface area contributed by atoms with E-state index in [-0.39, 0.29) is 13.2 Å². The van der Waals surface area contributed by atoms with E-state index in [1.165, 1.54) is 6.07 Å². The summed E-state index contributed by atoms with van der Waals surface area (Å²) in [6.45, 7) is 0.197. The molecule has 122 valence electrons. The van der Waals surface area contributed by atoms with E-state index in [9.17, 15) is 4.79 Å². The molecule has 0 unspecified atom stereocenters. The second-order valence-electron chi connectivity index (χ2n) is 4.31. The molecular formula is C15H11Cl4NO3. The molecule has 0 atom stereocenters. The van der Waals surface area contributed by atoms with E-state index in [1.54, 1.807) is 30.3 Å². The first kappa shape index (κ1) is 18.0. The average Bonchev–Trinajstić information content (AvgIpc) is 2.49. The van der Waals surface area contributed by atoms with Crippen molar-refractivity contribution in [3.05, 3.63) is 56.5 Å². The number of halogens is 4. The molecule has 4 nitrogen and oxygen atoms in total. The SMILES string of the molecule is O=C(Nc1ccc(Cl)c(Cl)c1)OCCOc1ccc(Cl)cc1Cl. The molecule has 0 aliphatic heterocycles. The third-order valence-corrected chi connectivity index (χ3v) is 3.90. The largest absolute Gasteiger partial charge is 0.488 e. The highest BCUT2D eigenvalue weighted by Crippen LogP contribution is 2.27.